The second kappa shape index (κ2) is 4.92. The highest BCUT2D eigenvalue weighted by molar-refractivity contribution is 5.52. The number of nitrogens with zero attached hydrogens (tertiary/aromatic N) is 4. The fraction of sp³-hybridized carbons (Fsp3) is 0.364. The number of hydrogen-bond acceptors (Lipinski definition) is 5. The van der Waals surface area contributed by atoms with Crippen LogP contribution in [0.5, 0.6) is 0 Å². The zero-order valence-corrected chi connectivity index (χ0v) is 10.0. The smallest absolute Gasteiger partial charge is 0.180 e. The zero-order chi connectivity index (χ0) is 12.3. The monoisotopic (exact) mass is 232 g/mol. The van der Waals surface area contributed by atoms with Gasteiger partial charge in [0.2, 0.25) is 0 Å². The molecule has 0 unspecified atom stereocenters. The standard InChI is InChI=1S/C11H16N6/c1-3-4-8-7-10(16-12)15-11(14-8)9-5-6-13-17(9)2/h5-7H,3-4,12H2,1-2H3,(H,14,15,16). The summed E-state index contributed by atoms with van der Waals surface area (Å²) in [6.07, 6.45) is 3.66. The largest absolute Gasteiger partial charge is 0.308 e. The summed E-state index contributed by atoms with van der Waals surface area (Å²) in [7, 11) is 1.86. The first-order valence-corrected chi connectivity index (χ1v) is 5.57. The van der Waals surface area contributed by atoms with Crippen LogP contribution in [0.2, 0.25) is 0 Å². The van der Waals surface area contributed by atoms with Crippen molar-refractivity contribution in [2.45, 2.75) is 19.8 Å². The summed E-state index contributed by atoms with van der Waals surface area (Å²) < 4.78 is 1.74. The van der Waals surface area contributed by atoms with Crippen LogP contribution in [0.25, 0.3) is 11.5 Å². The summed E-state index contributed by atoms with van der Waals surface area (Å²) in [5, 5.41) is 4.11. The van der Waals surface area contributed by atoms with Gasteiger partial charge in [0.15, 0.2) is 5.82 Å². The van der Waals surface area contributed by atoms with Crippen LogP contribution in [-0.2, 0) is 13.5 Å². The van der Waals surface area contributed by atoms with Crippen molar-refractivity contribution in [2.75, 3.05) is 5.43 Å². The molecule has 0 radical (unpaired) electrons. The molecule has 2 rings (SSSR count). The fourth-order valence-corrected chi connectivity index (χ4v) is 1.66. The Morgan fingerprint density at radius 2 is 2.24 bits per heavy atom. The van der Waals surface area contributed by atoms with Crippen LogP contribution >= 0.6 is 0 Å². The van der Waals surface area contributed by atoms with Crippen molar-refractivity contribution < 1.29 is 0 Å². The van der Waals surface area contributed by atoms with Gasteiger partial charge in [0, 0.05) is 25.0 Å². The molecule has 0 aliphatic rings. The first-order valence-electron chi connectivity index (χ1n) is 5.57. The Morgan fingerprint density at radius 1 is 1.41 bits per heavy atom. The lowest BCUT2D eigenvalue weighted by Gasteiger charge is -2.07. The molecule has 3 N–H and O–H groups in total. The third kappa shape index (κ3) is 2.42. The summed E-state index contributed by atoms with van der Waals surface area (Å²) in [4.78, 5) is 8.84. The number of hydrogen-bond donors (Lipinski definition) is 2. The Labute approximate surface area is 99.9 Å². The Hall–Kier alpha value is -1.95. The van der Waals surface area contributed by atoms with E-state index in [1.807, 2.05) is 19.2 Å². The van der Waals surface area contributed by atoms with Gasteiger partial charge < -0.3 is 5.43 Å². The fourth-order valence-electron chi connectivity index (χ4n) is 1.66. The minimum absolute atomic E-state index is 0.625. The number of aromatic nitrogens is 4. The van der Waals surface area contributed by atoms with Gasteiger partial charge in [-0.25, -0.2) is 15.8 Å². The highest BCUT2D eigenvalue weighted by Crippen LogP contribution is 2.17. The lowest BCUT2D eigenvalue weighted by molar-refractivity contribution is 0.767. The Bertz CT molecular complexity index is 504. The van der Waals surface area contributed by atoms with E-state index < -0.39 is 0 Å². The number of anilines is 1. The lowest BCUT2D eigenvalue weighted by atomic mass is 10.2. The molecule has 2 aromatic heterocycles. The maximum Gasteiger partial charge on any atom is 0.180 e. The van der Waals surface area contributed by atoms with Gasteiger partial charge in [-0.1, -0.05) is 13.3 Å². The van der Waals surface area contributed by atoms with Crippen LogP contribution in [0.3, 0.4) is 0 Å². The quantitative estimate of drug-likeness (QED) is 0.609. The second-order valence-electron chi connectivity index (χ2n) is 3.80. The molecule has 90 valence electrons. The van der Waals surface area contributed by atoms with E-state index in [4.69, 9.17) is 5.84 Å². The molecule has 0 atom stereocenters. The van der Waals surface area contributed by atoms with E-state index in [1.165, 1.54) is 0 Å². The zero-order valence-electron chi connectivity index (χ0n) is 10.0. The third-order valence-electron chi connectivity index (χ3n) is 2.48. The predicted octanol–water partition coefficient (Wildman–Crippen LogP) is 1.12. The molecular weight excluding hydrogens is 216 g/mol. The van der Waals surface area contributed by atoms with Crippen molar-refractivity contribution in [3.8, 4) is 11.5 Å². The van der Waals surface area contributed by atoms with Gasteiger partial charge in [-0.05, 0) is 12.5 Å². The van der Waals surface area contributed by atoms with E-state index in [0.29, 0.717) is 11.6 Å². The van der Waals surface area contributed by atoms with E-state index >= 15 is 0 Å². The predicted molar refractivity (Wildman–Crippen MR) is 66.0 cm³/mol. The van der Waals surface area contributed by atoms with Gasteiger partial charge >= 0.3 is 0 Å². The number of hydrazine groups is 1. The number of nitrogen functional groups attached to an aromatic ring is 1. The van der Waals surface area contributed by atoms with E-state index in [1.54, 1.807) is 10.9 Å². The molecule has 0 spiro atoms. The van der Waals surface area contributed by atoms with Crippen molar-refractivity contribution in [3.63, 3.8) is 0 Å². The molecule has 6 heteroatoms. The van der Waals surface area contributed by atoms with Crippen LogP contribution in [-0.4, -0.2) is 19.7 Å². The van der Waals surface area contributed by atoms with Gasteiger partial charge in [-0.15, -0.1) is 0 Å². The molecule has 17 heavy (non-hydrogen) atoms. The minimum Gasteiger partial charge on any atom is -0.308 e. The Kier molecular flexibility index (Phi) is 3.34. The normalized spacial score (nSPS) is 10.5. The first-order chi connectivity index (χ1) is 8.24. The molecule has 2 aromatic rings. The summed E-state index contributed by atoms with van der Waals surface area (Å²) in [6, 6.07) is 3.74. The number of nitrogens with one attached hydrogen (secondary N) is 1. The van der Waals surface area contributed by atoms with Gasteiger partial charge in [0.25, 0.3) is 0 Å². The Balaban J connectivity index is 2.46. The van der Waals surface area contributed by atoms with Crippen LogP contribution in [0.15, 0.2) is 18.3 Å². The van der Waals surface area contributed by atoms with Crippen molar-refractivity contribution in [1.29, 1.82) is 0 Å². The summed E-state index contributed by atoms with van der Waals surface area (Å²) in [6.45, 7) is 2.11. The van der Waals surface area contributed by atoms with Crippen molar-refractivity contribution in [1.82, 2.24) is 19.7 Å². The van der Waals surface area contributed by atoms with Crippen molar-refractivity contribution in [2.24, 2.45) is 12.9 Å². The number of aryl methyl sites for hydroxylation is 2. The van der Waals surface area contributed by atoms with E-state index in [2.05, 4.69) is 27.4 Å². The van der Waals surface area contributed by atoms with Gasteiger partial charge in [0.1, 0.15) is 11.5 Å². The van der Waals surface area contributed by atoms with Crippen LogP contribution in [0.4, 0.5) is 5.82 Å². The number of nitrogens with two attached hydrogens (primary N) is 1. The van der Waals surface area contributed by atoms with Crippen LogP contribution in [0.1, 0.15) is 19.0 Å². The second-order valence-corrected chi connectivity index (χ2v) is 3.80. The van der Waals surface area contributed by atoms with E-state index in [-0.39, 0.29) is 0 Å². The summed E-state index contributed by atoms with van der Waals surface area (Å²) in [5.41, 5.74) is 4.42. The van der Waals surface area contributed by atoms with Crippen LogP contribution in [0, 0.1) is 0 Å². The van der Waals surface area contributed by atoms with Crippen LogP contribution < -0.4 is 11.3 Å². The molecule has 0 amide bonds. The molecular formula is C11H16N6. The average Bonchev–Trinajstić information content (AvgIpc) is 2.75. The lowest BCUT2D eigenvalue weighted by Crippen LogP contribution is -2.11. The molecule has 0 saturated heterocycles. The molecule has 0 aromatic carbocycles. The molecule has 0 aliphatic carbocycles. The Morgan fingerprint density at radius 3 is 2.82 bits per heavy atom. The third-order valence-corrected chi connectivity index (χ3v) is 2.48. The topological polar surface area (TPSA) is 81.6 Å². The van der Waals surface area contributed by atoms with Gasteiger partial charge in [-0.3, -0.25) is 4.68 Å². The molecule has 0 aliphatic heterocycles. The van der Waals surface area contributed by atoms with Gasteiger partial charge in [-0.2, -0.15) is 5.10 Å². The number of rotatable bonds is 4. The van der Waals surface area contributed by atoms with Gasteiger partial charge in [0.05, 0.1) is 0 Å². The molecule has 2 heterocycles. The first kappa shape index (κ1) is 11.5. The minimum atomic E-state index is 0.625. The summed E-state index contributed by atoms with van der Waals surface area (Å²) >= 11 is 0. The maximum atomic E-state index is 5.41. The van der Waals surface area contributed by atoms with E-state index in [9.17, 15) is 0 Å². The van der Waals surface area contributed by atoms with Crippen molar-refractivity contribution in [3.05, 3.63) is 24.0 Å². The molecule has 0 saturated carbocycles. The molecule has 0 fully saturated rings. The molecule has 6 nitrogen and oxygen atoms in total. The maximum absolute atomic E-state index is 5.41. The highest BCUT2D eigenvalue weighted by Gasteiger charge is 2.09. The summed E-state index contributed by atoms with van der Waals surface area (Å²) in [5.74, 6) is 6.68. The van der Waals surface area contributed by atoms with E-state index in [0.717, 1.165) is 24.2 Å². The SMILES string of the molecule is CCCc1cc(NN)nc(-c2ccnn2C)n1. The van der Waals surface area contributed by atoms with Crippen molar-refractivity contribution >= 4 is 5.82 Å². The average molecular weight is 232 g/mol. The molecule has 0 bridgehead atoms. The highest BCUT2D eigenvalue weighted by atomic mass is 15.3.